The molecule has 5 heteroatoms. The SMILES string of the molecule is CC(C)CN1CCC(O)(Cc2ncnn2CC(C)C)CC1. The molecule has 1 aromatic heterocycles. The van der Waals surface area contributed by atoms with E-state index in [4.69, 9.17) is 0 Å². The summed E-state index contributed by atoms with van der Waals surface area (Å²) in [5.74, 6) is 2.14. The number of rotatable bonds is 6. The topological polar surface area (TPSA) is 54.2 Å². The average Bonchev–Trinajstić information content (AvgIpc) is 2.78. The zero-order chi connectivity index (χ0) is 15.5. The smallest absolute Gasteiger partial charge is 0.138 e. The minimum absolute atomic E-state index is 0.535. The first-order valence-electron chi connectivity index (χ1n) is 8.19. The van der Waals surface area contributed by atoms with Crippen molar-refractivity contribution in [1.29, 1.82) is 0 Å². The molecule has 0 amide bonds. The Bertz CT molecular complexity index is 433. The molecule has 2 heterocycles. The number of hydrogen-bond acceptors (Lipinski definition) is 4. The van der Waals surface area contributed by atoms with Crippen molar-refractivity contribution in [3.05, 3.63) is 12.2 Å². The molecule has 2 rings (SSSR count). The van der Waals surface area contributed by atoms with E-state index < -0.39 is 5.60 Å². The fourth-order valence-corrected chi connectivity index (χ4v) is 3.06. The first-order valence-corrected chi connectivity index (χ1v) is 8.19. The predicted molar refractivity (Wildman–Crippen MR) is 84.0 cm³/mol. The molecule has 1 aliphatic rings. The van der Waals surface area contributed by atoms with Gasteiger partial charge in [-0.3, -0.25) is 0 Å². The Morgan fingerprint density at radius 3 is 2.33 bits per heavy atom. The number of aliphatic hydroxyl groups is 1. The maximum Gasteiger partial charge on any atom is 0.138 e. The summed E-state index contributed by atoms with van der Waals surface area (Å²) in [4.78, 5) is 6.81. The third-order valence-corrected chi connectivity index (χ3v) is 4.13. The molecule has 0 aliphatic carbocycles. The molecule has 0 spiro atoms. The zero-order valence-electron chi connectivity index (χ0n) is 13.9. The Morgan fingerprint density at radius 1 is 1.14 bits per heavy atom. The highest BCUT2D eigenvalue weighted by Gasteiger charge is 2.34. The van der Waals surface area contributed by atoms with Crippen LogP contribution in [-0.2, 0) is 13.0 Å². The molecule has 1 aromatic rings. The summed E-state index contributed by atoms with van der Waals surface area (Å²) in [6, 6.07) is 0. The Labute approximate surface area is 128 Å². The highest BCUT2D eigenvalue weighted by molar-refractivity contribution is 4.97. The van der Waals surface area contributed by atoms with Gasteiger partial charge in [-0.05, 0) is 24.7 Å². The van der Waals surface area contributed by atoms with Gasteiger partial charge in [-0.15, -0.1) is 0 Å². The highest BCUT2D eigenvalue weighted by atomic mass is 16.3. The lowest BCUT2D eigenvalue weighted by molar-refractivity contribution is -0.0248. The van der Waals surface area contributed by atoms with Crippen LogP contribution in [0.15, 0.2) is 6.33 Å². The van der Waals surface area contributed by atoms with E-state index in [9.17, 15) is 5.11 Å². The van der Waals surface area contributed by atoms with E-state index in [0.29, 0.717) is 18.3 Å². The minimum Gasteiger partial charge on any atom is -0.389 e. The van der Waals surface area contributed by atoms with Gasteiger partial charge in [-0.1, -0.05) is 27.7 Å². The Balaban J connectivity index is 1.92. The van der Waals surface area contributed by atoms with Crippen LogP contribution < -0.4 is 0 Å². The first kappa shape index (κ1) is 16.4. The molecule has 1 aliphatic heterocycles. The van der Waals surface area contributed by atoms with E-state index in [0.717, 1.165) is 44.8 Å². The molecular formula is C16H30N4O. The molecule has 0 aromatic carbocycles. The van der Waals surface area contributed by atoms with Gasteiger partial charge in [0, 0.05) is 32.6 Å². The zero-order valence-corrected chi connectivity index (χ0v) is 13.9. The molecule has 1 N–H and O–H groups in total. The molecule has 21 heavy (non-hydrogen) atoms. The van der Waals surface area contributed by atoms with E-state index in [1.165, 1.54) is 0 Å². The average molecular weight is 294 g/mol. The van der Waals surface area contributed by atoms with Gasteiger partial charge in [0.25, 0.3) is 0 Å². The standard InChI is InChI=1S/C16H30N4O/c1-13(2)10-19-7-5-16(21,6-8-19)9-15-17-12-18-20(15)11-14(3)4/h12-14,21H,5-11H2,1-4H3. The van der Waals surface area contributed by atoms with Crippen LogP contribution in [0.3, 0.4) is 0 Å². The van der Waals surface area contributed by atoms with Gasteiger partial charge in [-0.25, -0.2) is 9.67 Å². The van der Waals surface area contributed by atoms with Crippen LogP contribution in [0, 0.1) is 11.8 Å². The van der Waals surface area contributed by atoms with Crippen LogP contribution in [0.5, 0.6) is 0 Å². The Hall–Kier alpha value is -0.940. The van der Waals surface area contributed by atoms with E-state index in [1.54, 1.807) is 6.33 Å². The molecule has 0 radical (unpaired) electrons. The van der Waals surface area contributed by atoms with Crippen LogP contribution in [0.4, 0.5) is 0 Å². The summed E-state index contributed by atoms with van der Waals surface area (Å²) in [6.07, 6.45) is 3.88. The second-order valence-corrected chi connectivity index (χ2v) is 7.35. The summed E-state index contributed by atoms with van der Waals surface area (Å²) in [6.45, 7) is 12.8. The van der Waals surface area contributed by atoms with E-state index in [1.807, 2.05) is 4.68 Å². The van der Waals surface area contributed by atoms with Crippen molar-refractivity contribution in [1.82, 2.24) is 19.7 Å². The third-order valence-electron chi connectivity index (χ3n) is 4.13. The van der Waals surface area contributed by atoms with Crippen LogP contribution in [0.1, 0.15) is 46.4 Å². The largest absolute Gasteiger partial charge is 0.389 e. The summed E-state index contributed by atoms with van der Waals surface area (Å²) in [5.41, 5.74) is -0.616. The van der Waals surface area contributed by atoms with Gasteiger partial charge in [0.15, 0.2) is 0 Å². The monoisotopic (exact) mass is 294 g/mol. The van der Waals surface area contributed by atoms with Gasteiger partial charge >= 0.3 is 0 Å². The minimum atomic E-state index is -0.616. The van der Waals surface area contributed by atoms with Crippen LogP contribution in [0.2, 0.25) is 0 Å². The number of likely N-dealkylation sites (tertiary alicyclic amines) is 1. The second kappa shape index (κ2) is 6.88. The Kier molecular flexibility index (Phi) is 5.38. The van der Waals surface area contributed by atoms with Crippen molar-refractivity contribution < 1.29 is 5.11 Å². The fraction of sp³-hybridized carbons (Fsp3) is 0.875. The maximum atomic E-state index is 10.8. The molecule has 0 atom stereocenters. The van der Waals surface area contributed by atoms with Crippen molar-refractivity contribution in [2.24, 2.45) is 11.8 Å². The van der Waals surface area contributed by atoms with Crippen LogP contribution in [0.25, 0.3) is 0 Å². The number of piperidine rings is 1. The molecule has 0 saturated carbocycles. The van der Waals surface area contributed by atoms with Gasteiger partial charge in [0.1, 0.15) is 12.2 Å². The molecule has 120 valence electrons. The lowest BCUT2D eigenvalue weighted by Crippen LogP contribution is -2.47. The summed E-state index contributed by atoms with van der Waals surface area (Å²) in [7, 11) is 0. The lowest BCUT2D eigenvalue weighted by atomic mass is 9.87. The van der Waals surface area contributed by atoms with Crippen molar-refractivity contribution >= 4 is 0 Å². The number of nitrogens with zero attached hydrogens (tertiary/aromatic N) is 4. The molecule has 1 saturated heterocycles. The molecule has 0 unspecified atom stereocenters. The number of aromatic nitrogens is 3. The van der Waals surface area contributed by atoms with Crippen molar-refractivity contribution in [2.75, 3.05) is 19.6 Å². The van der Waals surface area contributed by atoms with Gasteiger partial charge in [-0.2, -0.15) is 5.10 Å². The predicted octanol–water partition coefficient (Wildman–Crippen LogP) is 1.96. The molecule has 1 fully saturated rings. The van der Waals surface area contributed by atoms with Crippen molar-refractivity contribution in [2.45, 2.75) is 59.1 Å². The van der Waals surface area contributed by atoms with Crippen molar-refractivity contribution in [3.8, 4) is 0 Å². The molecule has 5 nitrogen and oxygen atoms in total. The molecular weight excluding hydrogens is 264 g/mol. The number of hydrogen-bond donors (Lipinski definition) is 1. The lowest BCUT2D eigenvalue weighted by Gasteiger charge is -2.38. The molecule has 0 bridgehead atoms. The van der Waals surface area contributed by atoms with Gasteiger partial charge < -0.3 is 10.0 Å². The quantitative estimate of drug-likeness (QED) is 0.871. The van der Waals surface area contributed by atoms with Crippen LogP contribution >= 0.6 is 0 Å². The van der Waals surface area contributed by atoms with E-state index >= 15 is 0 Å². The van der Waals surface area contributed by atoms with Crippen LogP contribution in [-0.4, -0.2) is 50.0 Å². The van der Waals surface area contributed by atoms with Crippen molar-refractivity contribution in [3.63, 3.8) is 0 Å². The first-order chi connectivity index (χ1) is 9.88. The Morgan fingerprint density at radius 2 is 1.76 bits per heavy atom. The van der Waals surface area contributed by atoms with Gasteiger partial charge in [0.2, 0.25) is 0 Å². The summed E-state index contributed by atoms with van der Waals surface area (Å²) < 4.78 is 1.95. The summed E-state index contributed by atoms with van der Waals surface area (Å²) >= 11 is 0. The summed E-state index contributed by atoms with van der Waals surface area (Å²) in [5, 5.41) is 15.1. The maximum absolute atomic E-state index is 10.8. The second-order valence-electron chi connectivity index (χ2n) is 7.35. The van der Waals surface area contributed by atoms with Gasteiger partial charge in [0.05, 0.1) is 5.60 Å². The van der Waals surface area contributed by atoms with E-state index in [-0.39, 0.29) is 0 Å². The highest BCUT2D eigenvalue weighted by Crippen LogP contribution is 2.26. The third kappa shape index (κ3) is 4.78. The normalized spacial score (nSPS) is 19.6. The fourth-order valence-electron chi connectivity index (χ4n) is 3.06. The van der Waals surface area contributed by atoms with E-state index in [2.05, 4.69) is 42.7 Å².